The van der Waals surface area contributed by atoms with Gasteiger partial charge in [0.2, 0.25) is 0 Å². The summed E-state index contributed by atoms with van der Waals surface area (Å²) in [6.07, 6.45) is 2.07. The zero-order valence-electron chi connectivity index (χ0n) is 14.2. The molecule has 2 aromatic carbocycles. The SMILES string of the molecule is COc1ccc(C2(c3ccc(O[NH+](C)[O-])cc3)CCNCC2)cc1. The Kier molecular flexibility index (Phi) is 5.04. The van der Waals surface area contributed by atoms with Crippen LogP contribution in [0.25, 0.3) is 0 Å². The maximum absolute atomic E-state index is 11.1. The third-order valence-corrected chi connectivity index (χ3v) is 4.77. The average molecular weight is 328 g/mol. The molecule has 1 atom stereocenters. The Bertz CT molecular complexity index is 647. The number of quaternary nitrogens is 1. The van der Waals surface area contributed by atoms with E-state index in [1.807, 2.05) is 24.3 Å². The lowest BCUT2D eigenvalue weighted by Gasteiger charge is -2.39. The first kappa shape index (κ1) is 16.8. The van der Waals surface area contributed by atoms with Crippen molar-refractivity contribution in [2.45, 2.75) is 18.3 Å². The first-order valence-corrected chi connectivity index (χ1v) is 8.28. The van der Waals surface area contributed by atoms with E-state index >= 15 is 0 Å². The van der Waals surface area contributed by atoms with E-state index in [9.17, 15) is 5.21 Å². The Labute approximate surface area is 142 Å². The summed E-state index contributed by atoms with van der Waals surface area (Å²) in [4.78, 5) is 5.16. The lowest BCUT2D eigenvalue weighted by Crippen LogP contribution is -3.05. The van der Waals surface area contributed by atoms with Gasteiger partial charge in [0.25, 0.3) is 0 Å². The third kappa shape index (κ3) is 3.38. The fourth-order valence-corrected chi connectivity index (χ4v) is 3.52. The van der Waals surface area contributed by atoms with E-state index in [0.29, 0.717) is 5.75 Å². The van der Waals surface area contributed by atoms with Crippen LogP contribution in [0.15, 0.2) is 48.5 Å². The van der Waals surface area contributed by atoms with Crippen LogP contribution in [0.5, 0.6) is 11.5 Å². The number of benzene rings is 2. The molecule has 0 aromatic heterocycles. The second-order valence-electron chi connectivity index (χ2n) is 6.18. The van der Waals surface area contributed by atoms with Gasteiger partial charge in [0, 0.05) is 5.41 Å². The number of rotatable bonds is 5. The molecule has 1 aliphatic rings. The number of hydrogen-bond donors (Lipinski definition) is 2. The zero-order valence-corrected chi connectivity index (χ0v) is 14.2. The van der Waals surface area contributed by atoms with Crippen molar-refractivity contribution >= 4 is 0 Å². The summed E-state index contributed by atoms with van der Waals surface area (Å²) < 4.78 is 5.29. The highest BCUT2D eigenvalue weighted by Crippen LogP contribution is 2.41. The van der Waals surface area contributed by atoms with E-state index in [-0.39, 0.29) is 10.6 Å². The minimum absolute atomic E-state index is 0.0216. The number of hydroxylamine groups is 2. The number of piperidine rings is 1. The first-order chi connectivity index (χ1) is 11.6. The molecule has 0 radical (unpaired) electrons. The summed E-state index contributed by atoms with van der Waals surface area (Å²) in [5, 5.41) is 14.3. The minimum Gasteiger partial charge on any atom is -0.591 e. The van der Waals surface area contributed by atoms with Crippen molar-refractivity contribution in [3.8, 4) is 11.5 Å². The topological polar surface area (TPSA) is 58.0 Å². The van der Waals surface area contributed by atoms with Gasteiger partial charge in [-0.2, -0.15) is 5.23 Å². The van der Waals surface area contributed by atoms with E-state index in [2.05, 4.69) is 29.6 Å². The molecule has 0 bridgehead atoms. The van der Waals surface area contributed by atoms with Crippen molar-refractivity contribution in [2.24, 2.45) is 0 Å². The highest BCUT2D eigenvalue weighted by Gasteiger charge is 2.35. The Morgan fingerprint density at radius 3 is 1.88 bits per heavy atom. The van der Waals surface area contributed by atoms with Crippen molar-refractivity contribution in [3.05, 3.63) is 64.9 Å². The maximum atomic E-state index is 11.1. The Hall–Kier alpha value is -2.08. The Morgan fingerprint density at radius 2 is 1.42 bits per heavy atom. The third-order valence-electron chi connectivity index (χ3n) is 4.77. The number of ether oxygens (including phenoxy) is 1. The van der Waals surface area contributed by atoms with Gasteiger partial charge in [0.1, 0.15) is 12.8 Å². The fourth-order valence-electron chi connectivity index (χ4n) is 3.52. The Morgan fingerprint density at radius 1 is 0.917 bits per heavy atom. The van der Waals surface area contributed by atoms with Gasteiger partial charge in [-0.05, 0) is 61.3 Å². The molecule has 2 N–H and O–H groups in total. The van der Waals surface area contributed by atoms with Gasteiger partial charge in [-0.1, -0.05) is 24.3 Å². The van der Waals surface area contributed by atoms with Crippen LogP contribution in [-0.2, 0) is 5.41 Å². The summed E-state index contributed by atoms with van der Waals surface area (Å²) >= 11 is 0. The van der Waals surface area contributed by atoms with Gasteiger partial charge in [-0.3, -0.25) is 0 Å². The van der Waals surface area contributed by atoms with Crippen molar-refractivity contribution in [2.75, 3.05) is 27.2 Å². The lowest BCUT2D eigenvalue weighted by atomic mass is 9.68. The van der Waals surface area contributed by atoms with Gasteiger partial charge in [-0.25, -0.2) is 0 Å². The molecule has 5 heteroatoms. The predicted molar refractivity (Wildman–Crippen MR) is 93.2 cm³/mol. The largest absolute Gasteiger partial charge is 0.591 e. The van der Waals surface area contributed by atoms with Crippen LogP contribution in [-0.4, -0.2) is 27.2 Å². The van der Waals surface area contributed by atoms with Crippen molar-refractivity contribution < 1.29 is 14.8 Å². The number of methoxy groups -OCH3 is 1. The molecule has 0 aliphatic carbocycles. The molecule has 24 heavy (non-hydrogen) atoms. The highest BCUT2D eigenvalue weighted by molar-refractivity contribution is 5.43. The standard InChI is InChI=1S/C19H24N2O3/c1-21(22)24-18-9-5-16(6-10-18)19(11-13-20-14-12-19)15-3-7-17(23-2)8-4-15/h3-10,20-21H,11-14H2,1-2H3. The highest BCUT2D eigenvalue weighted by atomic mass is 16.9. The molecule has 1 unspecified atom stereocenters. The molecule has 1 fully saturated rings. The molecule has 5 nitrogen and oxygen atoms in total. The molecule has 128 valence electrons. The second kappa shape index (κ2) is 7.21. The van der Waals surface area contributed by atoms with E-state index in [4.69, 9.17) is 9.57 Å². The van der Waals surface area contributed by atoms with Gasteiger partial charge in [0.05, 0.1) is 7.11 Å². The molecule has 2 aromatic rings. The second-order valence-corrected chi connectivity index (χ2v) is 6.18. The molecule has 0 saturated carbocycles. The minimum atomic E-state index is -0.297. The van der Waals surface area contributed by atoms with E-state index in [1.165, 1.54) is 18.2 Å². The van der Waals surface area contributed by atoms with E-state index in [1.54, 1.807) is 7.11 Å². The fraction of sp³-hybridized carbons (Fsp3) is 0.368. The van der Waals surface area contributed by atoms with Crippen LogP contribution < -0.4 is 20.1 Å². The lowest BCUT2D eigenvalue weighted by molar-refractivity contribution is -1.00. The Balaban J connectivity index is 1.95. The zero-order chi connectivity index (χ0) is 17.0. The van der Waals surface area contributed by atoms with Crippen molar-refractivity contribution in [1.82, 2.24) is 5.32 Å². The average Bonchev–Trinajstić information content (AvgIpc) is 2.62. The van der Waals surface area contributed by atoms with Crippen LogP contribution >= 0.6 is 0 Å². The van der Waals surface area contributed by atoms with E-state index < -0.39 is 0 Å². The normalized spacial score (nSPS) is 18.0. The molecule has 1 saturated heterocycles. The van der Waals surface area contributed by atoms with Crippen LogP contribution in [0.4, 0.5) is 0 Å². The van der Waals surface area contributed by atoms with Crippen LogP contribution in [0.3, 0.4) is 0 Å². The van der Waals surface area contributed by atoms with Crippen molar-refractivity contribution in [1.29, 1.82) is 0 Å². The van der Waals surface area contributed by atoms with E-state index in [0.717, 1.165) is 31.7 Å². The summed E-state index contributed by atoms with van der Waals surface area (Å²) in [7, 11) is 3.10. The van der Waals surface area contributed by atoms with Crippen LogP contribution in [0.1, 0.15) is 24.0 Å². The predicted octanol–water partition coefficient (Wildman–Crippen LogP) is 1.67. The van der Waals surface area contributed by atoms with Gasteiger partial charge in [-0.15, -0.1) is 0 Å². The van der Waals surface area contributed by atoms with Gasteiger partial charge in [0.15, 0.2) is 5.75 Å². The summed E-state index contributed by atoms with van der Waals surface area (Å²) in [6.45, 7) is 1.97. The van der Waals surface area contributed by atoms with Crippen LogP contribution in [0.2, 0.25) is 0 Å². The maximum Gasteiger partial charge on any atom is 0.190 e. The molecular formula is C19H24N2O3. The first-order valence-electron chi connectivity index (χ1n) is 8.28. The van der Waals surface area contributed by atoms with Gasteiger partial charge >= 0.3 is 0 Å². The molecule has 0 spiro atoms. The molecule has 0 amide bonds. The monoisotopic (exact) mass is 328 g/mol. The summed E-state index contributed by atoms with van der Waals surface area (Å²) in [5.74, 6) is 1.46. The molecular weight excluding hydrogens is 304 g/mol. The summed E-state index contributed by atoms with van der Waals surface area (Å²) in [5.41, 5.74) is 2.53. The van der Waals surface area contributed by atoms with Crippen LogP contribution in [0, 0.1) is 5.21 Å². The smallest absolute Gasteiger partial charge is 0.190 e. The molecule has 1 aliphatic heterocycles. The summed E-state index contributed by atoms with van der Waals surface area (Å²) in [6, 6.07) is 16.3. The number of nitrogens with one attached hydrogen (secondary N) is 2. The van der Waals surface area contributed by atoms with Gasteiger partial charge < -0.3 is 20.1 Å². The number of hydrogen-bond acceptors (Lipinski definition) is 4. The molecule has 1 heterocycles. The molecule has 3 rings (SSSR count). The van der Waals surface area contributed by atoms with Crippen molar-refractivity contribution in [3.63, 3.8) is 0 Å². The quantitative estimate of drug-likeness (QED) is 0.820.